The number of nitrogens with one attached hydrogen (secondary N) is 1. The van der Waals surface area contributed by atoms with E-state index in [2.05, 4.69) is 12.4 Å². The normalized spacial score (nSPS) is 6.57. The fraction of sp³-hybridized carbons (Fsp3) is 0.500. The first-order valence-electron chi connectivity index (χ1n) is 1.87. The van der Waals surface area contributed by atoms with Crippen LogP contribution in [0.1, 0.15) is 13.3 Å². The molecule has 0 saturated carbocycles. The summed E-state index contributed by atoms with van der Waals surface area (Å²) in [4.78, 5) is 10.0. The largest absolute Gasteiger partial charge is 0.508 e. The molecule has 1 amide bonds. The van der Waals surface area contributed by atoms with Gasteiger partial charge in [0, 0.05) is 39.1 Å². The van der Waals surface area contributed by atoms with Crippen molar-refractivity contribution in [3.63, 3.8) is 0 Å². The van der Waals surface area contributed by atoms with E-state index in [-0.39, 0.29) is 38.6 Å². The monoisotopic (exact) mass is 175 g/mol. The molecule has 0 aliphatic heterocycles. The van der Waals surface area contributed by atoms with Crippen LogP contribution in [0.5, 0.6) is 0 Å². The zero-order chi connectivity index (χ0) is 4.99. The van der Waals surface area contributed by atoms with Gasteiger partial charge < -0.3 is 5.32 Å². The molecule has 0 heterocycles. The molecular weight excluding hydrogens is 167 g/mol. The van der Waals surface area contributed by atoms with Crippen LogP contribution in [-0.2, 0) is 37.5 Å². The molecule has 0 spiro atoms. The van der Waals surface area contributed by atoms with Crippen LogP contribution in [0.2, 0.25) is 0 Å². The van der Waals surface area contributed by atoms with Crippen LogP contribution in [0, 0.1) is 7.05 Å². The molecule has 1 radical (unpaired) electrons. The van der Waals surface area contributed by atoms with E-state index in [1.165, 1.54) is 0 Å². The fourth-order valence-corrected chi connectivity index (χ4v) is 0.125. The van der Waals surface area contributed by atoms with Crippen LogP contribution in [0.3, 0.4) is 0 Å². The first kappa shape index (κ1) is 10.5. The van der Waals surface area contributed by atoms with Gasteiger partial charge in [-0.15, -0.1) is 0 Å². The minimum atomic E-state index is -0.0185. The van der Waals surface area contributed by atoms with Crippen molar-refractivity contribution in [2.75, 3.05) is 0 Å². The van der Waals surface area contributed by atoms with E-state index in [0.717, 1.165) is 0 Å². The van der Waals surface area contributed by atoms with E-state index in [1.54, 1.807) is 6.92 Å². The topological polar surface area (TPSA) is 29.1 Å². The Morgan fingerprint density at radius 1 is 1.86 bits per heavy atom. The number of hydrogen-bond donors (Lipinski definition) is 1. The number of rotatable bonds is 1. The Morgan fingerprint density at radius 3 is 2.29 bits per heavy atom. The summed E-state index contributed by atoms with van der Waals surface area (Å²) >= 11 is 0. The van der Waals surface area contributed by atoms with Crippen LogP contribution >= 0.6 is 0 Å². The molecule has 0 aliphatic rings. The molecule has 39 valence electrons. The molecule has 0 unspecified atom stereocenters. The van der Waals surface area contributed by atoms with Crippen LogP contribution in [0.4, 0.5) is 0 Å². The SMILES string of the molecule is [CH2-]NC(=O)CC.[Y]. The maximum atomic E-state index is 10.0. The third-order valence-electron chi connectivity index (χ3n) is 0.518. The van der Waals surface area contributed by atoms with Gasteiger partial charge in [-0.2, -0.15) is 0 Å². The fourth-order valence-electron chi connectivity index (χ4n) is 0.125. The van der Waals surface area contributed by atoms with Crippen molar-refractivity contribution in [3.05, 3.63) is 7.05 Å². The Kier molecular flexibility index (Phi) is 9.89. The molecule has 0 rings (SSSR count). The minimum Gasteiger partial charge on any atom is -0.508 e. The van der Waals surface area contributed by atoms with Gasteiger partial charge in [0.05, 0.1) is 0 Å². The smallest absolute Gasteiger partial charge is 0.190 e. The van der Waals surface area contributed by atoms with Crippen LogP contribution < -0.4 is 5.32 Å². The van der Waals surface area contributed by atoms with Crippen LogP contribution in [-0.4, -0.2) is 5.91 Å². The Labute approximate surface area is 68.9 Å². The van der Waals surface area contributed by atoms with Gasteiger partial charge in [0.25, 0.3) is 0 Å². The van der Waals surface area contributed by atoms with Crippen molar-refractivity contribution in [2.45, 2.75) is 13.3 Å². The van der Waals surface area contributed by atoms with Crippen molar-refractivity contribution in [3.8, 4) is 0 Å². The molecule has 2 nitrogen and oxygen atoms in total. The molecule has 0 atom stereocenters. The first-order chi connectivity index (χ1) is 2.81. The number of carbonyl (C=O) groups excluding carboxylic acids is 1. The van der Waals surface area contributed by atoms with Gasteiger partial charge in [-0.25, -0.2) is 0 Å². The third-order valence-corrected chi connectivity index (χ3v) is 0.518. The Bertz CT molecular complexity index is 49.7. The molecule has 0 bridgehead atoms. The van der Waals surface area contributed by atoms with Gasteiger partial charge in [-0.1, -0.05) is 6.92 Å². The van der Waals surface area contributed by atoms with E-state index in [9.17, 15) is 4.79 Å². The molecular formula is C4H8NOY-. The minimum absolute atomic E-state index is 0. The quantitative estimate of drug-likeness (QED) is 0.570. The summed E-state index contributed by atoms with van der Waals surface area (Å²) in [6.45, 7) is 1.78. The molecule has 0 fully saturated rings. The van der Waals surface area contributed by atoms with Gasteiger partial charge in [0.1, 0.15) is 0 Å². The van der Waals surface area contributed by atoms with Crippen molar-refractivity contribution >= 4 is 5.91 Å². The summed E-state index contributed by atoms with van der Waals surface area (Å²) in [5.41, 5.74) is 0. The van der Waals surface area contributed by atoms with Gasteiger partial charge in [0.2, 0.25) is 0 Å². The predicted octanol–water partition coefficient (Wildman–Crippen LogP) is 0.302. The van der Waals surface area contributed by atoms with E-state index in [0.29, 0.717) is 6.42 Å². The second kappa shape index (κ2) is 6.57. The van der Waals surface area contributed by atoms with E-state index >= 15 is 0 Å². The summed E-state index contributed by atoms with van der Waals surface area (Å²) in [5.74, 6) is -0.0185. The Morgan fingerprint density at radius 2 is 2.29 bits per heavy atom. The van der Waals surface area contributed by atoms with Crippen molar-refractivity contribution < 1.29 is 37.5 Å². The standard InChI is InChI=1S/C4H8NO.Y/c1-3-4(6)5-2;/h2-3H2,1H3,(H,5,6);/q-1;. The summed E-state index contributed by atoms with van der Waals surface area (Å²) in [6, 6.07) is 0. The number of hydrogen-bond acceptors (Lipinski definition) is 1. The first-order valence-corrected chi connectivity index (χ1v) is 1.87. The average Bonchev–Trinajstić information content (AvgIpc) is 1.65. The molecule has 0 aromatic heterocycles. The van der Waals surface area contributed by atoms with E-state index in [4.69, 9.17) is 0 Å². The maximum absolute atomic E-state index is 10.0. The number of carbonyl (C=O) groups is 1. The van der Waals surface area contributed by atoms with Crippen LogP contribution in [0.15, 0.2) is 0 Å². The van der Waals surface area contributed by atoms with E-state index in [1.807, 2.05) is 0 Å². The molecule has 0 aliphatic carbocycles. The van der Waals surface area contributed by atoms with Crippen molar-refractivity contribution in [1.82, 2.24) is 5.32 Å². The van der Waals surface area contributed by atoms with Gasteiger partial charge in [-0.05, 0) is 0 Å². The Hall–Kier alpha value is 0.574. The van der Waals surface area contributed by atoms with Crippen LogP contribution in [0.25, 0.3) is 0 Å². The molecule has 3 heteroatoms. The summed E-state index contributed by atoms with van der Waals surface area (Å²) in [6.07, 6.45) is 0.517. The van der Waals surface area contributed by atoms with Crippen molar-refractivity contribution in [1.29, 1.82) is 0 Å². The van der Waals surface area contributed by atoms with Gasteiger partial charge in [0.15, 0.2) is 5.91 Å². The second-order valence-corrected chi connectivity index (χ2v) is 0.954. The van der Waals surface area contributed by atoms with Gasteiger partial charge in [-0.3, -0.25) is 11.8 Å². The molecule has 7 heavy (non-hydrogen) atoms. The van der Waals surface area contributed by atoms with Crippen molar-refractivity contribution in [2.24, 2.45) is 0 Å². The summed E-state index contributed by atoms with van der Waals surface area (Å²) < 4.78 is 0. The Balaban J connectivity index is 0. The predicted molar refractivity (Wildman–Crippen MR) is 23.8 cm³/mol. The maximum Gasteiger partial charge on any atom is 0.190 e. The zero-order valence-corrected chi connectivity index (χ0v) is 7.24. The second-order valence-electron chi connectivity index (χ2n) is 0.954. The van der Waals surface area contributed by atoms with Gasteiger partial charge >= 0.3 is 0 Å². The molecule has 0 saturated heterocycles. The summed E-state index contributed by atoms with van der Waals surface area (Å²) in [7, 11) is 3.16. The average molecular weight is 175 g/mol. The van der Waals surface area contributed by atoms with E-state index < -0.39 is 0 Å². The third kappa shape index (κ3) is 6.57. The molecule has 0 aromatic carbocycles. The zero-order valence-electron chi connectivity index (χ0n) is 4.40. The molecule has 0 aromatic rings. The molecule has 1 N–H and O–H groups in total. The summed E-state index contributed by atoms with van der Waals surface area (Å²) in [5, 5.41) is 2.23. The number of amides is 1.